The lowest BCUT2D eigenvalue weighted by atomic mass is 10.5. The first-order valence-electron chi connectivity index (χ1n) is 7.58. The maximum absolute atomic E-state index is 5.64. The Labute approximate surface area is 126 Å². The van der Waals surface area contributed by atoms with Gasteiger partial charge in [0.05, 0.1) is 6.10 Å². The summed E-state index contributed by atoms with van der Waals surface area (Å²) in [5.41, 5.74) is 0. The zero-order valence-electron chi connectivity index (χ0n) is 13.3. The van der Waals surface area contributed by atoms with Gasteiger partial charge < -0.3 is 19.7 Å². The second-order valence-electron chi connectivity index (χ2n) is 5.48. The number of nitrogens with zero attached hydrogens (tertiary/aromatic N) is 4. The molecular formula is C14H25N5O2. The van der Waals surface area contributed by atoms with Gasteiger partial charge in [-0.1, -0.05) is 0 Å². The van der Waals surface area contributed by atoms with Crippen LogP contribution in [0.25, 0.3) is 0 Å². The second-order valence-corrected chi connectivity index (χ2v) is 5.48. The Hall–Kier alpha value is -1.63. The quantitative estimate of drug-likeness (QED) is 0.741. The zero-order chi connectivity index (χ0) is 15.2. The van der Waals surface area contributed by atoms with E-state index in [1.165, 1.54) is 12.8 Å². The van der Waals surface area contributed by atoms with E-state index in [-0.39, 0.29) is 6.10 Å². The first kappa shape index (κ1) is 15.8. The predicted octanol–water partition coefficient (Wildman–Crippen LogP) is 1.56. The normalized spacial score (nSPS) is 14.6. The average Bonchev–Trinajstić information content (AvgIpc) is 3.22. The van der Waals surface area contributed by atoms with E-state index < -0.39 is 0 Å². The summed E-state index contributed by atoms with van der Waals surface area (Å²) >= 11 is 0. The molecule has 0 radical (unpaired) electrons. The highest BCUT2D eigenvalue weighted by atomic mass is 16.5. The number of rotatable bonds is 9. The van der Waals surface area contributed by atoms with E-state index in [2.05, 4.69) is 32.2 Å². The van der Waals surface area contributed by atoms with Gasteiger partial charge in [-0.05, 0) is 40.7 Å². The third kappa shape index (κ3) is 5.34. The number of hydrogen-bond donors (Lipinski definition) is 1. The van der Waals surface area contributed by atoms with Gasteiger partial charge in [0.15, 0.2) is 0 Å². The Kier molecular flexibility index (Phi) is 5.55. The van der Waals surface area contributed by atoms with E-state index in [4.69, 9.17) is 9.47 Å². The van der Waals surface area contributed by atoms with Crippen molar-refractivity contribution >= 4 is 5.95 Å². The summed E-state index contributed by atoms with van der Waals surface area (Å²) in [6, 6.07) is 1.33. The summed E-state index contributed by atoms with van der Waals surface area (Å²) in [7, 11) is 2.12. The van der Waals surface area contributed by atoms with E-state index in [9.17, 15) is 0 Å². The summed E-state index contributed by atoms with van der Waals surface area (Å²) < 4.78 is 11.2. The van der Waals surface area contributed by atoms with E-state index >= 15 is 0 Å². The molecule has 0 bridgehead atoms. The molecule has 21 heavy (non-hydrogen) atoms. The van der Waals surface area contributed by atoms with Crippen LogP contribution in [0.4, 0.5) is 5.95 Å². The molecule has 7 heteroatoms. The molecule has 1 fully saturated rings. The van der Waals surface area contributed by atoms with Gasteiger partial charge in [-0.25, -0.2) is 0 Å². The molecule has 0 aromatic carbocycles. The van der Waals surface area contributed by atoms with Gasteiger partial charge in [0.1, 0.15) is 6.61 Å². The molecule has 1 aromatic rings. The molecule has 0 atom stereocenters. The lowest BCUT2D eigenvalue weighted by molar-refractivity contribution is 0.201. The molecule has 2 rings (SSSR count). The molecule has 0 amide bonds. The maximum Gasteiger partial charge on any atom is 0.324 e. The minimum Gasteiger partial charge on any atom is -0.462 e. The minimum atomic E-state index is 0.00993. The van der Waals surface area contributed by atoms with Gasteiger partial charge >= 0.3 is 12.0 Å². The number of nitrogens with one attached hydrogen (secondary N) is 1. The number of aromatic nitrogens is 3. The smallest absolute Gasteiger partial charge is 0.324 e. The fourth-order valence-electron chi connectivity index (χ4n) is 1.88. The molecule has 0 aliphatic heterocycles. The predicted molar refractivity (Wildman–Crippen MR) is 80.9 cm³/mol. The highest BCUT2D eigenvalue weighted by molar-refractivity contribution is 5.27. The van der Waals surface area contributed by atoms with Gasteiger partial charge in [-0.15, -0.1) is 4.98 Å². The van der Waals surface area contributed by atoms with Crippen LogP contribution < -0.4 is 14.8 Å². The average molecular weight is 295 g/mol. The highest BCUT2D eigenvalue weighted by Gasteiger charge is 2.25. The molecular weight excluding hydrogens is 270 g/mol. The maximum atomic E-state index is 5.64. The van der Waals surface area contributed by atoms with Crippen LogP contribution in [0.15, 0.2) is 0 Å². The molecule has 1 aliphatic carbocycles. The van der Waals surface area contributed by atoms with Crippen molar-refractivity contribution in [2.75, 3.05) is 32.1 Å². The monoisotopic (exact) mass is 295 g/mol. The number of hydrogen-bond acceptors (Lipinski definition) is 7. The first-order valence-corrected chi connectivity index (χ1v) is 7.58. The van der Waals surface area contributed by atoms with Crippen LogP contribution >= 0.6 is 0 Å². The molecule has 1 saturated carbocycles. The largest absolute Gasteiger partial charge is 0.462 e. The summed E-state index contributed by atoms with van der Waals surface area (Å²) in [5, 5.41) is 3.06. The van der Waals surface area contributed by atoms with Gasteiger partial charge in [0, 0.05) is 19.1 Å². The van der Waals surface area contributed by atoms with Crippen molar-refractivity contribution in [3.63, 3.8) is 0 Å². The van der Waals surface area contributed by atoms with E-state index in [1.807, 2.05) is 20.8 Å². The van der Waals surface area contributed by atoms with Crippen LogP contribution in [-0.4, -0.2) is 58.7 Å². The molecule has 118 valence electrons. The fraction of sp³-hybridized carbons (Fsp3) is 0.786. The standard InChI is InChI=1S/C14H25N5O2/c1-5-15-12-16-13(18-14(17-12)21-10(2)3)20-9-8-19(4)11-6-7-11/h10-11H,5-9H2,1-4H3,(H,15,16,17,18). The van der Waals surface area contributed by atoms with Crippen LogP contribution in [-0.2, 0) is 0 Å². The topological polar surface area (TPSA) is 72.4 Å². The van der Waals surface area contributed by atoms with Crippen LogP contribution in [0.2, 0.25) is 0 Å². The van der Waals surface area contributed by atoms with Gasteiger partial charge in [-0.3, -0.25) is 0 Å². The summed E-state index contributed by atoms with van der Waals surface area (Å²) in [4.78, 5) is 14.9. The highest BCUT2D eigenvalue weighted by Crippen LogP contribution is 2.24. The van der Waals surface area contributed by atoms with Crippen molar-refractivity contribution in [1.82, 2.24) is 19.9 Å². The molecule has 0 saturated heterocycles. The number of likely N-dealkylation sites (N-methyl/N-ethyl adjacent to an activating group) is 1. The van der Waals surface area contributed by atoms with Gasteiger partial charge in [0.25, 0.3) is 0 Å². The summed E-state index contributed by atoms with van der Waals surface area (Å²) in [6.07, 6.45) is 2.59. The van der Waals surface area contributed by atoms with Crippen molar-refractivity contribution < 1.29 is 9.47 Å². The van der Waals surface area contributed by atoms with Gasteiger partial charge in [-0.2, -0.15) is 9.97 Å². The van der Waals surface area contributed by atoms with Crippen LogP contribution in [0, 0.1) is 0 Å². The molecule has 0 unspecified atom stereocenters. The first-order chi connectivity index (χ1) is 10.1. The Balaban J connectivity index is 1.93. The third-order valence-electron chi connectivity index (χ3n) is 3.12. The van der Waals surface area contributed by atoms with Crippen molar-refractivity contribution in [1.29, 1.82) is 0 Å². The Morgan fingerprint density at radius 1 is 1.24 bits per heavy atom. The minimum absolute atomic E-state index is 0.00993. The molecule has 1 heterocycles. The lowest BCUT2D eigenvalue weighted by Crippen LogP contribution is -2.26. The molecule has 0 spiro atoms. The number of anilines is 1. The third-order valence-corrected chi connectivity index (χ3v) is 3.12. The SMILES string of the molecule is CCNc1nc(OCCN(C)C2CC2)nc(OC(C)C)n1. The molecule has 1 N–H and O–H groups in total. The van der Waals surface area contributed by atoms with E-state index in [1.54, 1.807) is 0 Å². The fourth-order valence-corrected chi connectivity index (χ4v) is 1.88. The van der Waals surface area contributed by atoms with Crippen LogP contribution in [0.5, 0.6) is 12.0 Å². The second kappa shape index (κ2) is 7.40. The number of ether oxygens (including phenoxy) is 2. The Morgan fingerprint density at radius 3 is 2.57 bits per heavy atom. The van der Waals surface area contributed by atoms with E-state index in [0.717, 1.165) is 19.1 Å². The van der Waals surface area contributed by atoms with Crippen LogP contribution in [0.3, 0.4) is 0 Å². The van der Waals surface area contributed by atoms with Gasteiger partial charge in [0.2, 0.25) is 5.95 Å². The van der Waals surface area contributed by atoms with E-state index in [0.29, 0.717) is 24.6 Å². The van der Waals surface area contributed by atoms with Crippen LogP contribution in [0.1, 0.15) is 33.6 Å². The van der Waals surface area contributed by atoms with Crippen molar-refractivity contribution in [2.24, 2.45) is 0 Å². The van der Waals surface area contributed by atoms with Crippen molar-refractivity contribution in [3.05, 3.63) is 0 Å². The lowest BCUT2D eigenvalue weighted by Gasteiger charge is -2.15. The molecule has 1 aromatic heterocycles. The molecule has 7 nitrogen and oxygen atoms in total. The van der Waals surface area contributed by atoms with Crippen molar-refractivity contribution in [3.8, 4) is 12.0 Å². The summed E-state index contributed by atoms with van der Waals surface area (Å²) in [6.45, 7) is 8.01. The Bertz CT molecular complexity index is 451. The Morgan fingerprint density at radius 2 is 1.95 bits per heavy atom. The van der Waals surface area contributed by atoms with Crippen molar-refractivity contribution in [2.45, 2.75) is 45.8 Å². The summed E-state index contributed by atoms with van der Waals surface area (Å²) in [5.74, 6) is 0.480. The molecule has 1 aliphatic rings. The zero-order valence-corrected chi connectivity index (χ0v) is 13.3.